The minimum Gasteiger partial charge on any atom is -0.360 e. The summed E-state index contributed by atoms with van der Waals surface area (Å²) in [5, 5.41) is 9.81. The van der Waals surface area contributed by atoms with Gasteiger partial charge in [0.25, 0.3) is 0 Å². The van der Waals surface area contributed by atoms with E-state index in [1.165, 1.54) is 0 Å². The maximum absolute atomic E-state index is 13.5. The topological polar surface area (TPSA) is 105 Å². The molecule has 8 nitrogen and oxygen atoms in total. The monoisotopic (exact) mass is 490 g/mol. The van der Waals surface area contributed by atoms with E-state index in [4.69, 9.17) is 16.1 Å². The predicted molar refractivity (Wildman–Crippen MR) is 132 cm³/mol. The molecule has 1 unspecified atom stereocenters. The number of unbranched alkanes of at least 4 members (excludes halogenated alkanes) is 1. The lowest BCUT2D eigenvalue weighted by atomic mass is 9.98. The Morgan fingerprint density at radius 2 is 1.88 bits per heavy atom. The van der Waals surface area contributed by atoms with Gasteiger partial charge in [-0.25, -0.2) is 0 Å². The number of carbonyl (C=O) groups is 3. The molecule has 186 valence electrons. The lowest BCUT2D eigenvalue weighted by Crippen LogP contribution is -2.50. The van der Waals surface area contributed by atoms with E-state index in [2.05, 4.69) is 15.8 Å². The van der Waals surface area contributed by atoms with Crippen LogP contribution in [0.25, 0.3) is 0 Å². The van der Waals surface area contributed by atoms with E-state index in [-0.39, 0.29) is 30.6 Å². The third-order valence-corrected chi connectivity index (χ3v) is 5.98. The minimum atomic E-state index is -0.903. The summed E-state index contributed by atoms with van der Waals surface area (Å²) in [6.07, 6.45) is 2.16. The second kappa shape index (κ2) is 12.6. The van der Waals surface area contributed by atoms with Gasteiger partial charge in [-0.15, -0.1) is 0 Å². The van der Waals surface area contributed by atoms with Crippen LogP contribution < -0.4 is 10.6 Å². The molecule has 0 aliphatic rings. The zero-order valence-corrected chi connectivity index (χ0v) is 21.4. The number of rotatable bonds is 12. The van der Waals surface area contributed by atoms with Gasteiger partial charge < -0.3 is 20.1 Å². The van der Waals surface area contributed by atoms with Crippen LogP contribution in [0, 0.1) is 6.92 Å². The molecule has 0 radical (unpaired) electrons. The van der Waals surface area contributed by atoms with E-state index < -0.39 is 11.6 Å². The summed E-state index contributed by atoms with van der Waals surface area (Å²) in [6.45, 7) is 9.96. The molecule has 0 aliphatic carbocycles. The van der Waals surface area contributed by atoms with Gasteiger partial charge >= 0.3 is 0 Å². The number of hydrogen-bond donors (Lipinski definition) is 2. The van der Waals surface area contributed by atoms with Crippen LogP contribution in [-0.2, 0) is 14.4 Å². The summed E-state index contributed by atoms with van der Waals surface area (Å²) in [4.78, 5) is 40.8. The van der Waals surface area contributed by atoms with Crippen molar-refractivity contribution in [3.05, 3.63) is 46.7 Å². The molecular formula is C25H35ClN4O4. The number of hydrogen-bond acceptors (Lipinski definition) is 5. The van der Waals surface area contributed by atoms with E-state index in [0.717, 1.165) is 12.8 Å². The molecule has 1 heterocycles. The second-order valence-corrected chi connectivity index (χ2v) is 9.37. The summed E-state index contributed by atoms with van der Waals surface area (Å²) in [6, 6.07) is 7.74. The number of benzene rings is 1. The number of aromatic nitrogens is 1. The van der Waals surface area contributed by atoms with Gasteiger partial charge in [0.2, 0.25) is 17.7 Å². The number of amides is 3. The number of anilines is 1. The molecule has 0 aliphatic heterocycles. The van der Waals surface area contributed by atoms with Crippen molar-refractivity contribution in [1.29, 1.82) is 0 Å². The number of nitrogens with zero attached hydrogens (tertiary/aromatic N) is 2. The van der Waals surface area contributed by atoms with Crippen molar-refractivity contribution in [1.82, 2.24) is 15.4 Å². The summed E-state index contributed by atoms with van der Waals surface area (Å²) < 4.78 is 4.94. The first kappa shape index (κ1) is 27.4. The molecule has 1 atom stereocenters. The number of nitrogens with one attached hydrogen (secondary N) is 2. The zero-order chi connectivity index (χ0) is 25.3. The molecule has 2 N–H and O–H groups in total. The van der Waals surface area contributed by atoms with Gasteiger partial charge in [0, 0.05) is 41.6 Å². The minimum absolute atomic E-state index is 0.0509. The highest BCUT2D eigenvalue weighted by molar-refractivity contribution is 6.31. The molecule has 2 aromatic rings. The first-order chi connectivity index (χ1) is 16.1. The largest absolute Gasteiger partial charge is 0.360 e. The maximum atomic E-state index is 13.5. The smallest absolute Gasteiger partial charge is 0.247 e. The lowest BCUT2D eigenvalue weighted by molar-refractivity contribution is -0.142. The highest BCUT2D eigenvalue weighted by Gasteiger charge is 2.34. The molecule has 3 amide bonds. The Kier molecular flexibility index (Phi) is 10.1. The van der Waals surface area contributed by atoms with Crippen molar-refractivity contribution in [2.24, 2.45) is 0 Å². The van der Waals surface area contributed by atoms with Crippen molar-refractivity contribution in [2.75, 3.05) is 11.9 Å². The van der Waals surface area contributed by atoms with Crippen molar-refractivity contribution in [3.63, 3.8) is 0 Å². The summed E-state index contributed by atoms with van der Waals surface area (Å²) in [7, 11) is 0. The Morgan fingerprint density at radius 1 is 1.18 bits per heavy atom. The van der Waals surface area contributed by atoms with Crippen LogP contribution in [0.4, 0.5) is 5.82 Å². The van der Waals surface area contributed by atoms with E-state index in [1.807, 2.05) is 27.7 Å². The van der Waals surface area contributed by atoms with Crippen LogP contribution >= 0.6 is 11.6 Å². The summed E-state index contributed by atoms with van der Waals surface area (Å²) >= 11 is 6.47. The van der Waals surface area contributed by atoms with Crippen LogP contribution in [-0.4, -0.2) is 39.9 Å². The maximum Gasteiger partial charge on any atom is 0.247 e. The SMILES string of the molecule is CCCCN(C(=O)CCC(=O)Nc1cc(C)on1)C(C(=O)NC(C)(C)CC)c1ccccc1Cl. The van der Waals surface area contributed by atoms with Gasteiger partial charge in [-0.1, -0.05) is 55.2 Å². The number of aryl methyl sites for hydroxylation is 1. The molecule has 1 aromatic heterocycles. The highest BCUT2D eigenvalue weighted by atomic mass is 35.5. The van der Waals surface area contributed by atoms with Gasteiger partial charge in [0.15, 0.2) is 5.82 Å². The summed E-state index contributed by atoms with van der Waals surface area (Å²) in [5.41, 5.74) is 0.103. The van der Waals surface area contributed by atoms with Gasteiger partial charge in [-0.3, -0.25) is 14.4 Å². The van der Waals surface area contributed by atoms with Gasteiger partial charge in [0.05, 0.1) is 0 Å². The fourth-order valence-electron chi connectivity index (χ4n) is 3.36. The second-order valence-electron chi connectivity index (χ2n) is 8.96. The normalized spacial score (nSPS) is 12.2. The molecular weight excluding hydrogens is 456 g/mol. The quantitative estimate of drug-likeness (QED) is 0.434. The number of carbonyl (C=O) groups excluding carboxylic acids is 3. The molecule has 9 heteroatoms. The molecule has 0 saturated heterocycles. The van der Waals surface area contributed by atoms with E-state index in [1.54, 1.807) is 42.2 Å². The Morgan fingerprint density at radius 3 is 2.47 bits per heavy atom. The Hall–Kier alpha value is -2.87. The molecule has 34 heavy (non-hydrogen) atoms. The standard InChI is InChI=1S/C25H35ClN4O4/c1-6-8-15-30(22(32)14-13-21(31)27-20-16-17(3)34-29-20)23(18-11-9-10-12-19(18)26)24(33)28-25(4,5)7-2/h9-12,16,23H,6-8,13-15H2,1-5H3,(H,28,33)(H,27,29,31). The van der Waals surface area contributed by atoms with E-state index in [0.29, 0.717) is 35.1 Å². The van der Waals surface area contributed by atoms with Crippen molar-refractivity contribution < 1.29 is 18.9 Å². The van der Waals surface area contributed by atoms with Crippen LogP contribution in [0.2, 0.25) is 5.02 Å². The fourth-order valence-corrected chi connectivity index (χ4v) is 3.60. The Labute approximate surface area is 206 Å². The molecule has 2 rings (SSSR count). The van der Waals surface area contributed by atoms with Crippen LogP contribution in [0.15, 0.2) is 34.9 Å². The first-order valence-electron chi connectivity index (χ1n) is 11.7. The van der Waals surface area contributed by atoms with Gasteiger partial charge in [0.1, 0.15) is 11.8 Å². The average molecular weight is 491 g/mol. The van der Waals surface area contributed by atoms with Crippen molar-refractivity contribution >= 4 is 35.1 Å². The zero-order valence-electron chi connectivity index (χ0n) is 20.6. The molecule has 0 fully saturated rings. The molecule has 0 saturated carbocycles. The molecule has 1 aromatic carbocycles. The van der Waals surface area contributed by atoms with Crippen molar-refractivity contribution in [3.8, 4) is 0 Å². The molecule has 0 bridgehead atoms. The molecule has 0 spiro atoms. The highest BCUT2D eigenvalue weighted by Crippen LogP contribution is 2.30. The Bertz CT molecular complexity index is 989. The third-order valence-electron chi connectivity index (χ3n) is 5.64. The van der Waals surface area contributed by atoms with E-state index in [9.17, 15) is 14.4 Å². The number of halogens is 1. The summed E-state index contributed by atoms with van der Waals surface area (Å²) in [5.74, 6) is -0.0854. The van der Waals surface area contributed by atoms with Crippen LogP contribution in [0.5, 0.6) is 0 Å². The van der Waals surface area contributed by atoms with Gasteiger partial charge in [-0.2, -0.15) is 0 Å². The van der Waals surface area contributed by atoms with Gasteiger partial charge in [-0.05, 0) is 39.7 Å². The average Bonchev–Trinajstić information content (AvgIpc) is 3.19. The lowest BCUT2D eigenvalue weighted by Gasteiger charge is -2.35. The Balaban J connectivity index is 2.27. The third kappa shape index (κ3) is 7.87. The van der Waals surface area contributed by atoms with Crippen LogP contribution in [0.3, 0.4) is 0 Å². The first-order valence-corrected chi connectivity index (χ1v) is 12.0. The van der Waals surface area contributed by atoms with E-state index >= 15 is 0 Å². The predicted octanol–water partition coefficient (Wildman–Crippen LogP) is 5.03. The van der Waals surface area contributed by atoms with Crippen molar-refractivity contribution in [2.45, 2.75) is 78.3 Å². The fraction of sp³-hybridized carbons (Fsp3) is 0.520. The van der Waals surface area contributed by atoms with Crippen LogP contribution in [0.1, 0.15) is 77.2 Å².